The van der Waals surface area contributed by atoms with Crippen LogP contribution in [0.25, 0.3) is 0 Å². The molecule has 0 aliphatic rings. The van der Waals surface area contributed by atoms with Crippen LogP contribution in [-0.4, -0.2) is 17.5 Å². The zero-order chi connectivity index (χ0) is 10.4. The van der Waals surface area contributed by atoms with Crippen LogP contribution in [0.5, 0.6) is 5.75 Å². The lowest BCUT2D eigenvalue weighted by Gasteiger charge is -2.04. The minimum Gasteiger partial charge on any atom is -0.481 e. The van der Waals surface area contributed by atoms with Crippen LogP contribution in [0.3, 0.4) is 0 Å². The van der Waals surface area contributed by atoms with Crippen LogP contribution in [0, 0.1) is 12.3 Å². The highest BCUT2D eigenvalue weighted by atomic mass is 16.5. The van der Waals surface area contributed by atoms with Crippen molar-refractivity contribution in [2.45, 2.75) is 6.92 Å². The summed E-state index contributed by atoms with van der Waals surface area (Å²) in [5, 5.41) is 11.7. The van der Waals surface area contributed by atoms with Crippen LogP contribution in [-0.2, 0) is 0 Å². The second-order valence-corrected chi connectivity index (χ2v) is 2.71. The van der Waals surface area contributed by atoms with E-state index in [9.17, 15) is 0 Å². The van der Waals surface area contributed by atoms with Crippen LogP contribution in [0.2, 0.25) is 0 Å². The molecule has 0 aromatic heterocycles. The Morgan fingerprint density at radius 1 is 1.64 bits per heavy atom. The molecular weight excluding hydrogens is 178 g/mol. The molecule has 0 unspecified atom stereocenters. The summed E-state index contributed by atoms with van der Waals surface area (Å²) in [4.78, 5) is 0. The molecule has 14 heavy (non-hydrogen) atoms. The van der Waals surface area contributed by atoms with Crippen LogP contribution in [0.4, 0.5) is 0 Å². The van der Waals surface area contributed by atoms with E-state index < -0.39 is 0 Å². The molecule has 3 nitrogen and oxygen atoms in total. The summed E-state index contributed by atoms with van der Waals surface area (Å²) in [6.07, 6.45) is 5.06. The highest BCUT2D eigenvalue weighted by Gasteiger charge is 1.99. The van der Waals surface area contributed by atoms with Gasteiger partial charge in [-0.15, -0.1) is 6.42 Å². The average Bonchev–Trinajstić information content (AvgIpc) is 2.25. The number of terminal acetylenes is 1. The fourth-order valence-electron chi connectivity index (χ4n) is 0.994. The Bertz CT molecular complexity index is 377. The van der Waals surface area contributed by atoms with E-state index in [1.807, 2.05) is 12.1 Å². The Balaban J connectivity index is 2.85. The molecule has 0 bridgehead atoms. The summed E-state index contributed by atoms with van der Waals surface area (Å²) in [6, 6.07) is 7.21. The molecule has 1 rings (SSSR count). The number of oxime groups is 1. The number of hydrogen-bond acceptors (Lipinski definition) is 3. The largest absolute Gasteiger partial charge is 0.481 e. The summed E-state index contributed by atoms with van der Waals surface area (Å²) in [7, 11) is 0. The van der Waals surface area contributed by atoms with Gasteiger partial charge in [0.1, 0.15) is 12.4 Å². The van der Waals surface area contributed by atoms with Gasteiger partial charge in [0.2, 0.25) is 0 Å². The molecule has 0 amide bonds. The monoisotopic (exact) mass is 189 g/mol. The first-order valence-corrected chi connectivity index (χ1v) is 4.13. The molecule has 0 fully saturated rings. The number of nitrogens with zero attached hydrogens (tertiary/aromatic N) is 1. The standard InChI is InChI=1S/C11H11NO2/c1-3-7-14-11-6-4-5-10(8-11)9(2)12-13/h1,4-6,8,13H,7H2,2H3/b12-9+. The molecule has 0 spiro atoms. The maximum Gasteiger partial charge on any atom is 0.148 e. The third-order valence-corrected chi connectivity index (χ3v) is 1.72. The average molecular weight is 189 g/mol. The van der Waals surface area contributed by atoms with Gasteiger partial charge in [0, 0.05) is 5.56 Å². The Morgan fingerprint density at radius 2 is 2.43 bits per heavy atom. The molecule has 0 saturated carbocycles. The summed E-state index contributed by atoms with van der Waals surface area (Å²) in [5.74, 6) is 3.05. The van der Waals surface area contributed by atoms with Gasteiger partial charge in [-0.1, -0.05) is 23.2 Å². The number of benzene rings is 1. The van der Waals surface area contributed by atoms with Crippen molar-refractivity contribution in [2.75, 3.05) is 6.61 Å². The molecule has 0 aliphatic carbocycles. The fraction of sp³-hybridized carbons (Fsp3) is 0.182. The van der Waals surface area contributed by atoms with E-state index in [1.54, 1.807) is 19.1 Å². The molecule has 1 aromatic carbocycles. The Hall–Kier alpha value is -1.95. The SMILES string of the molecule is C#CCOc1cccc(/C(C)=N/O)c1. The molecule has 72 valence electrons. The van der Waals surface area contributed by atoms with Crippen molar-refractivity contribution >= 4 is 5.71 Å². The van der Waals surface area contributed by atoms with Crippen LogP contribution in [0.1, 0.15) is 12.5 Å². The van der Waals surface area contributed by atoms with Crippen molar-refractivity contribution in [1.29, 1.82) is 0 Å². The van der Waals surface area contributed by atoms with E-state index in [-0.39, 0.29) is 6.61 Å². The van der Waals surface area contributed by atoms with Gasteiger partial charge in [-0.05, 0) is 19.1 Å². The molecule has 3 heteroatoms. The van der Waals surface area contributed by atoms with E-state index in [0.29, 0.717) is 11.5 Å². The third kappa shape index (κ3) is 2.53. The van der Waals surface area contributed by atoms with Crippen LogP contribution < -0.4 is 4.74 Å². The van der Waals surface area contributed by atoms with Gasteiger partial charge in [-0.2, -0.15) is 0 Å². The predicted octanol–water partition coefficient (Wildman–Crippen LogP) is 1.90. The topological polar surface area (TPSA) is 41.8 Å². The van der Waals surface area contributed by atoms with Crippen molar-refractivity contribution < 1.29 is 9.94 Å². The Morgan fingerprint density at radius 3 is 3.07 bits per heavy atom. The highest BCUT2D eigenvalue weighted by Crippen LogP contribution is 2.13. The van der Waals surface area contributed by atoms with E-state index in [4.69, 9.17) is 16.4 Å². The fourth-order valence-corrected chi connectivity index (χ4v) is 0.994. The first-order valence-electron chi connectivity index (χ1n) is 4.13. The van der Waals surface area contributed by atoms with Crippen LogP contribution in [0.15, 0.2) is 29.4 Å². The molecule has 0 saturated heterocycles. The highest BCUT2D eigenvalue weighted by molar-refractivity contribution is 5.98. The predicted molar refractivity (Wildman–Crippen MR) is 54.8 cm³/mol. The van der Waals surface area contributed by atoms with E-state index in [1.165, 1.54) is 0 Å². The minimum atomic E-state index is 0.235. The van der Waals surface area contributed by atoms with Gasteiger partial charge in [-0.25, -0.2) is 0 Å². The maximum absolute atomic E-state index is 8.57. The molecule has 0 atom stereocenters. The van der Waals surface area contributed by atoms with Crippen molar-refractivity contribution in [3.63, 3.8) is 0 Å². The Kier molecular flexibility index (Phi) is 3.57. The van der Waals surface area contributed by atoms with Crippen molar-refractivity contribution in [2.24, 2.45) is 5.16 Å². The summed E-state index contributed by atoms with van der Waals surface area (Å²) >= 11 is 0. The lowest BCUT2D eigenvalue weighted by molar-refractivity contribution is 0.319. The molecule has 0 radical (unpaired) electrons. The zero-order valence-corrected chi connectivity index (χ0v) is 7.90. The molecule has 0 heterocycles. The van der Waals surface area contributed by atoms with E-state index >= 15 is 0 Å². The van der Waals surface area contributed by atoms with Crippen molar-refractivity contribution in [3.8, 4) is 18.1 Å². The lowest BCUT2D eigenvalue weighted by atomic mass is 10.1. The summed E-state index contributed by atoms with van der Waals surface area (Å²) in [5.41, 5.74) is 1.35. The number of hydrogen-bond donors (Lipinski definition) is 1. The van der Waals surface area contributed by atoms with Gasteiger partial charge in [-0.3, -0.25) is 0 Å². The second-order valence-electron chi connectivity index (χ2n) is 2.71. The van der Waals surface area contributed by atoms with Crippen molar-refractivity contribution in [3.05, 3.63) is 29.8 Å². The first kappa shape index (κ1) is 10.1. The summed E-state index contributed by atoms with van der Waals surface area (Å²) in [6.45, 7) is 1.94. The first-order chi connectivity index (χ1) is 6.77. The quantitative estimate of drug-likeness (QED) is 0.341. The molecular formula is C11H11NO2. The maximum atomic E-state index is 8.57. The van der Waals surface area contributed by atoms with E-state index in [2.05, 4.69) is 11.1 Å². The Labute approximate surface area is 83.0 Å². The van der Waals surface area contributed by atoms with E-state index in [0.717, 1.165) is 5.56 Å². The van der Waals surface area contributed by atoms with Gasteiger partial charge < -0.3 is 9.94 Å². The third-order valence-electron chi connectivity index (χ3n) is 1.72. The second kappa shape index (κ2) is 4.93. The smallest absolute Gasteiger partial charge is 0.148 e. The van der Waals surface area contributed by atoms with Crippen LogP contribution >= 0.6 is 0 Å². The molecule has 1 aromatic rings. The van der Waals surface area contributed by atoms with Crippen molar-refractivity contribution in [1.82, 2.24) is 0 Å². The lowest BCUT2D eigenvalue weighted by Crippen LogP contribution is -1.97. The number of ether oxygens (including phenoxy) is 1. The van der Waals surface area contributed by atoms with Gasteiger partial charge in [0.05, 0.1) is 5.71 Å². The summed E-state index contributed by atoms with van der Waals surface area (Å²) < 4.78 is 5.22. The zero-order valence-electron chi connectivity index (χ0n) is 7.90. The molecule has 0 aliphatic heterocycles. The number of rotatable bonds is 3. The molecule has 1 N–H and O–H groups in total. The van der Waals surface area contributed by atoms with Gasteiger partial charge in [0.15, 0.2) is 0 Å². The van der Waals surface area contributed by atoms with Gasteiger partial charge in [0.25, 0.3) is 0 Å². The van der Waals surface area contributed by atoms with Gasteiger partial charge >= 0.3 is 0 Å². The normalized spacial score (nSPS) is 10.7. The minimum absolute atomic E-state index is 0.235.